The van der Waals surface area contributed by atoms with E-state index < -0.39 is 24.5 Å². The van der Waals surface area contributed by atoms with E-state index in [0.29, 0.717) is 9.50 Å². The van der Waals surface area contributed by atoms with Crippen LogP contribution in [0.3, 0.4) is 0 Å². The molecule has 1 aliphatic rings. The molecule has 0 unspecified atom stereocenters. The van der Waals surface area contributed by atoms with Crippen LogP contribution in [-0.4, -0.2) is 23.8 Å². The van der Waals surface area contributed by atoms with E-state index in [4.69, 9.17) is 26.2 Å². The average Bonchev–Trinajstić information content (AvgIpc) is 2.74. The van der Waals surface area contributed by atoms with Crippen molar-refractivity contribution < 1.29 is 23.8 Å². The van der Waals surface area contributed by atoms with E-state index in [2.05, 4.69) is 29.4 Å². The van der Waals surface area contributed by atoms with Crippen molar-refractivity contribution in [2.24, 2.45) is 5.92 Å². The van der Waals surface area contributed by atoms with Crippen LogP contribution in [0.5, 0.6) is 5.75 Å². The quantitative estimate of drug-likeness (QED) is 0.367. The summed E-state index contributed by atoms with van der Waals surface area (Å²) in [6.07, 6.45) is 1.63. The minimum absolute atomic E-state index is 0.101. The first-order chi connectivity index (χ1) is 15.2. The highest BCUT2D eigenvalue weighted by Crippen LogP contribution is 2.50. The molecule has 1 saturated heterocycles. The van der Waals surface area contributed by atoms with E-state index in [-0.39, 0.29) is 29.3 Å². The first kappa shape index (κ1) is 24.7. The molecule has 0 aliphatic carbocycles. The molecule has 0 radical (unpaired) electrons. The molecule has 0 bridgehead atoms. The summed E-state index contributed by atoms with van der Waals surface area (Å²) in [5, 5.41) is 9.75. The van der Waals surface area contributed by atoms with Crippen LogP contribution in [-0.2, 0) is 9.53 Å². The monoisotopic (exact) mass is 524 g/mol. The summed E-state index contributed by atoms with van der Waals surface area (Å²) in [6.45, 7) is 7.57. The van der Waals surface area contributed by atoms with Gasteiger partial charge >= 0.3 is 5.97 Å². The Morgan fingerprint density at radius 2 is 2.00 bits per heavy atom. The van der Waals surface area contributed by atoms with E-state index in [9.17, 15) is 4.79 Å². The molecule has 0 amide bonds. The van der Waals surface area contributed by atoms with Crippen LogP contribution in [0.2, 0.25) is 5.02 Å². The number of benzene rings is 2. The first-order valence-corrected chi connectivity index (χ1v) is 11.8. The van der Waals surface area contributed by atoms with Gasteiger partial charge in [-0.15, -0.1) is 0 Å². The fraction of sp³-hybridized carbons (Fsp3) is 0.400. The summed E-state index contributed by atoms with van der Waals surface area (Å²) in [7, 11) is 0. The highest BCUT2D eigenvalue weighted by atomic mass is 79.9. The number of carboxylic acids is 1. The molecular weight excluding hydrogens is 499 g/mol. The van der Waals surface area contributed by atoms with Gasteiger partial charge in [0.05, 0.1) is 22.2 Å². The van der Waals surface area contributed by atoms with E-state index >= 15 is 4.39 Å². The number of aliphatic carboxylic acids is 1. The molecule has 4 nitrogen and oxygen atoms in total. The predicted octanol–water partition coefficient (Wildman–Crippen LogP) is 7.31. The Hall–Kier alpha value is -1.89. The maximum atomic E-state index is 15.2. The van der Waals surface area contributed by atoms with Crippen molar-refractivity contribution in [1.29, 1.82) is 0 Å². The summed E-state index contributed by atoms with van der Waals surface area (Å²) < 4.78 is 27.7. The Bertz CT molecular complexity index is 979. The Balaban J connectivity index is 2.05. The summed E-state index contributed by atoms with van der Waals surface area (Å²) in [5.74, 6) is -1.56. The zero-order valence-electron chi connectivity index (χ0n) is 18.1. The van der Waals surface area contributed by atoms with Crippen molar-refractivity contribution in [1.82, 2.24) is 0 Å². The molecule has 1 fully saturated rings. The van der Waals surface area contributed by atoms with Crippen molar-refractivity contribution in [3.05, 3.63) is 75.0 Å². The molecular formula is C25H27BrClFO4. The lowest BCUT2D eigenvalue weighted by Crippen LogP contribution is -2.36. The van der Waals surface area contributed by atoms with Gasteiger partial charge in [-0.25, -0.2) is 9.18 Å². The Kier molecular flexibility index (Phi) is 8.37. The second-order valence-corrected chi connectivity index (χ2v) is 9.48. The molecule has 3 rings (SSSR count). The smallest absolute Gasteiger partial charge is 0.341 e. The first-order valence-electron chi connectivity index (χ1n) is 10.6. The van der Waals surface area contributed by atoms with Crippen LogP contribution in [0.15, 0.2) is 53.0 Å². The summed E-state index contributed by atoms with van der Waals surface area (Å²) in [4.78, 5) is 11.1. The van der Waals surface area contributed by atoms with Crippen molar-refractivity contribution in [3.8, 4) is 5.75 Å². The fourth-order valence-electron chi connectivity index (χ4n) is 4.36. The van der Waals surface area contributed by atoms with Gasteiger partial charge in [0.1, 0.15) is 11.6 Å². The van der Waals surface area contributed by atoms with Gasteiger partial charge in [-0.2, -0.15) is 0 Å². The number of carboxylic acid groups (broad SMARTS) is 1. The van der Waals surface area contributed by atoms with Gasteiger partial charge in [0, 0.05) is 16.9 Å². The number of hydrogen-bond donors (Lipinski definition) is 1. The Labute approximate surface area is 201 Å². The third-order valence-corrected chi connectivity index (χ3v) is 6.74. The molecule has 2 aromatic carbocycles. The third kappa shape index (κ3) is 5.53. The van der Waals surface area contributed by atoms with Gasteiger partial charge in [-0.05, 0) is 65.5 Å². The number of rotatable bonds is 8. The lowest BCUT2D eigenvalue weighted by atomic mass is 9.74. The van der Waals surface area contributed by atoms with Crippen molar-refractivity contribution >= 4 is 33.5 Å². The summed E-state index contributed by atoms with van der Waals surface area (Å²) in [5.41, 5.74) is 2.21. The summed E-state index contributed by atoms with van der Waals surface area (Å²) in [6, 6.07) is 10.6. The maximum absolute atomic E-state index is 15.2. The molecule has 0 aromatic heterocycles. The maximum Gasteiger partial charge on any atom is 0.341 e. The number of ether oxygens (including phenoxy) is 2. The van der Waals surface area contributed by atoms with Crippen molar-refractivity contribution in [2.45, 2.75) is 51.2 Å². The fourth-order valence-corrected chi connectivity index (χ4v) is 4.95. The van der Waals surface area contributed by atoms with Gasteiger partial charge in [0.15, 0.2) is 6.61 Å². The second-order valence-electron chi connectivity index (χ2n) is 8.18. The minimum Gasteiger partial charge on any atom is -0.480 e. The van der Waals surface area contributed by atoms with E-state index in [0.717, 1.165) is 30.4 Å². The molecule has 172 valence electrons. The lowest BCUT2D eigenvalue weighted by molar-refractivity contribution is -0.139. The van der Waals surface area contributed by atoms with Crippen molar-refractivity contribution in [3.63, 3.8) is 0 Å². The van der Waals surface area contributed by atoms with E-state index in [1.807, 2.05) is 31.2 Å². The van der Waals surface area contributed by atoms with Gasteiger partial charge in [0.2, 0.25) is 0 Å². The number of halogens is 3. The Morgan fingerprint density at radius 3 is 2.59 bits per heavy atom. The average molecular weight is 526 g/mol. The topological polar surface area (TPSA) is 55.8 Å². The van der Waals surface area contributed by atoms with Gasteiger partial charge in [-0.1, -0.05) is 49.2 Å². The highest BCUT2D eigenvalue weighted by Gasteiger charge is 2.42. The molecule has 2 aromatic rings. The van der Waals surface area contributed by atoms with Crippen molar-refractivity contribution in [2.75, 3.05) is 6.61 Å². The molecule has 1 heterocycles. The van der Waals surface area contributed by atoms with E-state index in [1.54, 1.807) is 0 Å². The number of hydrogen-bond acceptors (Lipinski definition) is 3. The molecule has 32 heavy (non-hydrogen) atoms. The molecule has 0 saturated carbocycles. The van der Waals surface area contributed by atoms with Crippen LogP contribution in [0.1, 0.15) is 56.3 Å². The van der Waals surface area contributed by atoms with Crippen LogP contribution in [0.4, 0.5) is 4.39 Å². The van der Waals surface area contributed by atoms with Gasteiger partial charge < -0.3 is 14.6 Å². The molecule has 1 N–H and O–H groups in total. The van der Waals surface area contributed by atoms with Gasteiger partial charge in [-0.3, -0.25) is 0 Å². The SMILES string of the molecule is C=C(C)[C@@H]1C[C@@H](c2ccc(Cl)cc2)[C@@H](CCC)O[C@H]1c1c(F)ccc(Br)c1OCC(=O)O. The highest BCUT2D eigenvalue weighted by molar-refractivity contribution is 9.10. The van der Waals surface area contributed by atoms with E-state index in [1.165, 1.54) is 12.1 Å². The minimum atomic E-state index is -1.14. The standard InChI is InChI=1S/C25H27BrClFO4/c1-4-5-21-18(15-6-8-16(27)9-7-15)12-17(14(2)3)24(32-21)23-20(28)11-10-19(26)25(23)31-13-22(29)30/h6-11,17-18,21,24H,2,4-5,12-13H2,1,3H3,(H,29,30)/t17-,18-,21+,24+/m0/s1. The van der Waals surface area contributed by atoms with Crippen LogP contribution in [0.25, 0.3) is 0 Å². The third-order valence-electron chi connectivity index (χ3n) is 5.87. The molecule has 1 aliphatic heterocycles. The normalized spacial score (nSPS) is 23.0. The zero-order valence-corrected chi connectivity index (χ0v) is 20.5. The van der Waals surface area contributed by atoms with Crippen LogP contribution >= 0.6 is 27.5 Å². The zero-order chi connectivity index (χ0) is 23.4. The second kappa shape index (κ2) is 10.8. The lowest BCUT2D eigenvalue weighted by Gasteiger charge is -2.43. The Morgan fingerprint density at radius 1 is 1.31 bits per heavy atom. The molecule has 0 spiro atoms. The predicted molar refractivity (Wildman–Crippen MR) is 127 cm³/mol. The van der Waals surface area contributed by atoms with Gasteiger partial charge in [0.25, 0.3) is 0 Å². The van der Waals surface area contributed by atoms with Crippen LogP contribution in [0, 0.1) is 11.7 Å². The molecule has 4 atom stereocenters. The molecule has 7 heteroatoms. The van der Waals surface area contributed by atoms with Crippen LogP contribution < -0.4 is 4.74 Å². The number of carbonyl (C=O) groups is 1. The largest absolute Gasteiger partial charge is 0.480 e. The summed E-state index contributed by atoms with van der Waals surface area (Å²) >= 11 is 9.47.